The predicted octanol–water partition coefficient (Wildman–Crippen LogP) is 3.11. The fraction of sp³-hybridized carbons (Fsp3) is 0.467. The van der Waals surface area contributed by atoms with E-state index in [-0.39, 0.29) is 51.0 Å². The lowest BCUT2D eigenvalue weighted by Crippen LogP contribution is -2.37. The van der Waals surface area contributed by atoms with Crippen LogP contribution >= 0.6 is 31.9 Å². The summed E-state index contributed by atoms with van der Waals surface area (Å²) >= 11 is 7.30. The summed E-state index contributed by atoms with van der Waals surface area (Å²) in [6.45, 7) is 0. The standard InChI is InChI=1S/C15H12Br2FNO2/c16-12-8-5-9(13(12)17)11-10(8)14(20)19(15(11)21)7-3-1-6(18)2-4-7/h1-4,8-13H,5H2/t8-,9-,10-,11-,12+,13+/m1/s1. The molecular weight excluding hydrogens is 405 g/mol. The van der Waals surface area contributed by atoms with Gasteiger partial charge in [0.1, 0.15) is 5.82 Å². The maximum absolute atomic E-state index is 13.0. The second-order valence-electron chi connectivity index (χ2n) is 5.99. The van der Waals surface area contributed by atoms with E-state index in [9.17, 15) is 14.0 Å². The maximum Gasteiger partial charge on any atom is 0.238 e. The first-order valence-electron chi connectivity index (χ1n) is 6.92. The molecule has 3 fully saturated rings. The number of nitrogens with zero attached hydrogens (tertiary/aromatic N) is 1. The summed E-state index contributed by atoms with van der Waals surface area (Å²) in [5.41, 5.74) is 0.470. The number of carbonyl (C=O) groups is 2. The minimum absolute atomic E-state index is 0.132. The Morgan fingerprint density at radius 1 is 0.952 bits per heavy atom. The van der Waals surface area contributed by atoms with Crippen LogP contribution < -0.4 is 4.90 Å². The average molecular weight is 417 g/mol. The van der Waals surface area contributed by atoms with E-state index in [4.69, 9.17) is 0 Å². The molecule has 1 heterocycles. The summed E-state index contributed by atoms with van der Waals surface area (Å²) in [4.78, 5) is 27.1. The Morgan fingerprint density at radius 3 is 1.90 bits per heavy atom. The number of carbonyl (C=O) groups excluding carboxylic acids is 2. The van der Waals surface area contributed by atoms with Crippen LogP contribution in [0.15, 0.2) is 24.3 Å². The van der Waals surface area contributed by atoms with Gasteiger partial charge in [-0.1, -0.05) is 31.9 Å². The molecule has 0 radical (unpaired) electrons. The molecule has 21 heavy (non-hydrogen) atoms. The van der Waals surface area contributed by atoms with Crippen molar-refractivity contribution in [3.63, 3.8) is 0 Å². The van der Waals surface area contributed by atoms with Gasteiger partial charge in [0.25, 0.3) is 0 Å². The third-order valence-electron chi connectivity index (χ3n) is 5.07. The van der Waals surface area contributed by atoms with Crippen LogP contribution in [-0.2, 0) is 9.59 Å². The summed E-state index contributed by atoms with van der Waals surface area (Å²) in [5, 5.41) is 0. The third-order valence-corrected chi connectivity index (χ3v) is 8.28. The molecule has 1 aliphatic heterocycles. The fourth-order valence-corrected chi connectivity index (χ4v) is 6.07. The molecule has 3 nitrogen and oxygen atoms in total. The molecule has 1 aromatic carbocycles. The van der Waals surface area contributed by atoms with E-state index in [1.807, 2.05) is 0 Å². The minimum atomic E-state index is -0.376. The highest BCUT2D eigenvalue weighted by molar-refractivity contribution is 9.12. The van der Waals surface area contributed by atoms with Crippen molar-refractivity contribution in [2.24, 2.45) is 23.7 Å². The van der Waals surface area contributed by atoms with Gasteiger partial charge in [0.15, 0.2) is 0 Å². The Morgan fingerprint density at radius 2 is 1.43 bits per heavy atom. The van der Waals surface area contributed by atoms with Crippen LogP contribution in [0.3, 0.4) is 0 Å². The first-order chi connectivity index (χ1) is 10.0. The van der Waals surface area contributed by atoms with Gasteiger partial charge in [0, 0.05) is 9.65 Å². The first-order valence-corrected chi connectivity index (χ1v) is 8.75. The van der Waals surface area contributed by atoms with E-state index in [0.29, 0.717) is 5.69 Å². The molecule has 2 amide bonds. The van der Waals surface area contributed by atoms with E-state index in [1.165, 1.54) is 29.2 Å². The summed E-state index contributed by atoms with van der Waals surface area (Å²) in [5.74, 6) is -0.700. The van der Waals surface area contributed by atoms with Gasteiger partial charge in [0.2, 0.25) is 11.8 Å². The van der Waals surface area contributed by atoms with Gasteiger partial charge in [-0.05, 0) is 42.5 Å². The average Bonchev–Trinajstić information content (AvgIpc) is 3.06. The number of hydrogen-bond acceptors (Lipinski definition) is 2. The number of rotatable bonds is 1. The molecule has 6 heteroatoms. The molecule has 3 aliphatic rings. The quantitative estimate of drug-likeness (QED) is 0.521. The zero-order valence-electron chi connectivity index (χ0n) is 10.9. The van der Waals surface area contributed by atoms with Gasteiger partial charge >= 0.3 is 0 Å². The van der Waals surface area contributed by atoms with E-state index in [1.54, 1.807) is 0 Å². The van der Waals surface area contributed by atoms with Crippen molar-refractivity contribution < 1.29 is 14.0 Å². The van der Waals surface area contributed by atoms with E-state index in [2.05, 4.69) is 31.9 Å². The molecule has 2 bridgehead atoms. The summed E-state index contributed by atoms with van der Waals surface area (Å²) < 4.78 is 13.0. The second kappa shape index (κ2) is 4.62. The molecule has 4 rings (SSSR count). The Kier molecular flexibility index (Phi) is 3.05. The van der Waals surface area contributed by atoms with Crippen molar-refractivity contribution in [2.75, 3.05) is 4.90 Å². The minimum Gasteiger partial charge on any atom is -0.274 e. The lowest BCUT2D eigenvalue weighted by atomic mass is 9.81. The number of hydrogen-bond donors (Lipinski definition) is 0. The van der Waals surface area contributed by atoms with Crippen LogP contribution in [0.2, 0.25) is 0 Å². The van der Waals surface area contributed by atoms with E-state index >= 15 is 0 Å². The molecule has 110 valence electrons. The van der Waals surface area contributed by atoms with Crippen LogP contribution in [-0.4, -0.2) is 21.5 Å². The number of benzene rings is 1. The number of imide groups is 1. The summed E-state index contributed by atoms with van der Waals surface area (Å²) in [7, 11) is 0. The molecular formula is C15H12Br2FNO2. The fourth-order valence-electron chi connectivity index (χ4n) is 4.19. The van der Waals surface area contributed by atoms with Gasteiger partial charge in [-0.15, -0.1) is 0 Å². The second-order valence-corrected chi connectivity index (χ2v) is 8.11. The Hall–Kier alpha value is -0.750. The molecule has 0 unspecified atom stereocenters. The van der Waals surface area contributed by atoms with Gasteiger partial charge in [-0.2, -0.15) is 0 Å². The molecule has 0 N–H and O–H groups in total. The van der Waals surface area contributed by atoms with Crippen molar-refractivity contribution in [3.8, 4) is 0 Å². The SMILES string of the molecule is O=C1[C@@H]2[C@H]3C[C@@H]([C@H](Br)[C@H]3Br)[C@H]2C(=O)N1c1ccc(F)cc1. The van der Waals surface area contributed by atoms with Crippen molar-refractivity contribution in [1.82, 2.24) is 0 Å². The lowest BCUT2D eigenvalue weighted by Gasteiger charge is -2.28. The molecule has 0 aromatic heterocycles. The van der Waals surface area contributed by atoms with Crippen molar-refractivity contribution >= 4 is 49.4 Å². The smallest absolute Gasteiger partial charge is 0.238 e. The number of halogens is 3. The third kappa shape index (κ3) is 1.75. The molecule has 6 atom stereocenters. The zero-order chi connectivity index (χ0) is 14.9. The largest absolute Gasteiger partial charge is 0.274 e. The summed E-state index contributed by atoms with van der Waals surface area (Å²) in [6, 6.07) is 5.54. The monoisotopic (exact) mass is 415 g/mol. The van der Waals surface area contributed by atoms with Crippen molar-refractivity contribution in [2.45, 2.75) is 16.1 Å². The Bertz CT molecular complexity index is 603. The Labute approximate surface area is 138 Å². The van der Waals surface area contributed by atoms with Crippen LogP contribution in [0.25, 0.3) is 0 Å². The molecule has 2 saturated carbocycles. The van der Waals surface area contributed by atoms with Crippen LogP contribution in [0, 0.1) is 29.5 Å². The molecule has 0 spiro atoms. The number of fused-ring (bicyclic) bond motifs is 5. The molecule has 1 saturated heterocycles. The molecule has 2 aliphatic carbocycles. The van der Waals surface area contributed by atoms with Gasteiger partial charge in [-0.3, -0.25) is 14.5 Å². The van der Waals surface area contributed by atoms with Gasteiger partial charge in [-0.25, -0.2) is 4.39 Å². The van der Waals surface area contributed by atoms with Crippen molar-refractivity contribution in [3.05, 3.63) is 30.1 Å². The van der Waals surface area contributed by atoms with Gasteiger partial charge in [0.05, 0.1) is 17.5 Å². The van der Waals surface area contributed by atoms with E-state index < -0.39 is 0 Å². The Balaban J connectivity index is 1.73. The maximum atomic E-state index is 13.0. The van der Waals surface area contributed by atoms with Crippen molar-refractivity contribution in [1.29, 1.82) is 0 Å². The zero-order valence-corrected chi connectivity index (χ0v) is 14.1. The number of alkyl halides is 2. The topological polar surface area (TPSA) is 37.4 Å². The lowest BCUT2D eigenvalue weighted by molar-refractivity contribution is -0.123. The van der Waals surface area contributed by atoms with Crippen LogP contribution in [0.1, 0.15) is 6.42 Å². The first kappa shape index (κ1) is 13.9. The number of anilines is 1. The van der Waals surface area contributed by atoms with Crippen LogP contribution in [0.4, 0.5) is 10.1 Å². The normalized spacial score (nSPS) is 41.0. The predicted molar refractivity (Wildman–Crippen MR) is 82.9 cm³/mol. The van der Waals surface area contributed by atoms with Crippen LogP contribution in [0.5, 0.6) is 0 Å². The summed E-state index contributed by atoms with van der Waals surface area (Å²) in [6.07, 6.45) is 0.913. The highest BCUT2D eigenvalue weighted by Crippen LogP contribution is 2.60. The van der Waals surface area contributed by atoms with E-state index in [0.717, 1.165) is 6.42 Å². The van der Waals surface area contributed by atoms with Gasteiger partial charge < -0.3 is 0 Å². The highest BCUT2D eigenvalue weighted by Gasteiger charge is 2.66. The molecule has 1 aromatic rings. The number of amides is 2. The highest BCUT2D eigenvalue weighted by atomic mass is 79.9.